The van der Waals surface area contributed by atoms with Crippen LogP contribution in [0, 0.1) is 13.8 Å². The second-order valence-corrected chi connectivity index (χ2v) is 19.9. The van der Waals surface area contributed by atoms with E-state index in [1.54, 1.807) is 9.36 Å². The lowest BCUT2D eigenvalue weighted by Crippen LogP contribution is -2.62. The first-order chi connectivity index (χ1) is 30.5. The van der Waals surface area contributed by atoms with E-state index in [4.69, 9.17) is 18.3 Å². The maximum atomic E-state index is 15.0. The van der Waals surface area contributed by atoms with Gasteiger partial charge < -0.3 is 38.6 Å². The van der Waals surface area contributed by atoms with Crippen LogP contribution in [-0.4, -0.2) is 144 Å². The van der Waals surface area contributed by atoms with Crippen molar-refractivity contribution in [3.8, 4) is 22.5 Å². The third kappa shape index (κ3) is 8.70. The van der Waals surface area contributed by atoms with Crippen molar-refractivity contribution >= 4 is 27.9 Å². The van der Waals surface area contributed by atoms with Crippen molar-refractivity contribution in [2.45, 2.75) is 102 Å². The van der Waals surface area contributed by atoms with Gasteiger partial charge in [-0.25, -0.2) is 22.0 Å². The summed E-state index contributed by atoms with van der Waals surface area (Å²) in [6, 6.07) is 0. The lowest BCUT2D eigenvalue weighted by Gasteiger charge is -2.43. The summed E-state index contributed by atoms with van der Waals surface area (Å²) in [6.45, 7) is 5.73. The van der Waals surface area contributed by atoms with Crippen LogP contribution < -0.4 is 10.6 Å². The Hall–Kier alpha value is -5.12. The smallest absolute Gasteiger partial charge is 0.409 e. The molecule has 18 nitrogen and oxygen atoms in total. The zero-order chi connectivity index (χ0) is 45.1. The number of ether oxygens (including phenoxy) is 3. The molecule has 8 heterocycles. The summed E-state index contributed by atoms with van der Waals surface area (Å²) < 4.78 is 85.0. The average Bonchev–Trinajstić information content (AvgIpc) is 4.10. The highest BCUT2D eigenvalue weighted by atomic mass is 32.2. The molecular formula is C43H54F2N8O10S. The molecule has 346 valence electrons. The van der Waals surface area contributed by atoms with Gasteiger partial charge in [0, 0.05) is 73.8 Å². The van der Waals surface area contributed by atoms with Gasteiger partial charge in [0.1, 0.15) is 11.5 Å². The first kappa shape index (κ1) is 44.1. The fourth-order valence-corrected chi connectivity index (χ4v) is 10.5. The van der Waals surface area contributed by atoms with Crippen molar-refractivity contribution in [3.05, 3.63) is 57.7 Å². The molecule has 6 aliphatic rings. The number of furan rings is 2. The molecule has 0 aromatic carbocycles. The van der Waals surface area contributed by atoms with E-state index in [2.05, 4.69) is 25.6 Å². The van der Waals surface area contributed by atoms with Crippen LogP contribution in [0.2, 0.25) is 0 Å². The highest BCUT2D eigenvalue weighted by Crippen LogP contribution is 2.41. The molecule has 0 radical (unpaired) electrons. The predicted octanol–water partition coefficient (Wildman–Crippen LogP) is 3.69. The van der Waals surface area contributed by atoms with E-state index < -0.39 is 27.5 Å². The third-order valence-electron chi connectivity index (χ3n) is 12.9. The summed E-state index contributed by atoms with van der Waals surface area (Å²) in [6.07, 6.45) is 10.9. The van der Waals surface area contributed by atoms with Gasteiger partial charge in [0.05, 0.1) is 76.2 Å². The molecule has 4 fully saturated rings. The average molecular weight is 913 g/mol. The molecule has 2 atom stereocenters. The topological polar surface area (TPSA) is 206 Å². The van der Waals surface area contributed by atoms with E-state index in [9.17, 15) is 27.2 Å². The van der Waals surface area contributed by atoms with Crippen LogP contribution in [0.4, 0.5) is 13.6 Å². The monoisotopic (exact) mass is 912 g/mol. The maximum absolute atomic E-state index is 15.0. The minimum absolute atomic E-state index is 0.0186. The van der Waals surface area contributed by atoms with Crippen LogP contribution in [0.5, 0.6) is 0 Å². The Morgan fingerprint density at radius 2 is 1.22 bits per heavy atom. The van der Waals surface area contributed by atoms with E-state index in [0.717, 1.165) is 94.3 Å². The summed E-state index contributed by atoms with van der Waals surface area (Å²) in [4.78, 5) is 38.3. The third-order valence-corrected chi connectivity index (χ3v) is 14.1. The van der Waals surface area contributed by atoms with Gasteiger partial charge in [-0.15, -0.1) is 0 Å². The van der Waals surface area contributed by atoms with Gasteiger partial charge >= 0.3 is 6.09 Å². The Kier molecular flexibility index (Phi) is 11.7. The minimum atomic E-state index is -3.39. The number of nitrogens with zero attached hydrogens (tertiary/aromatic N) is 6. The molecule has 0 unspecified atom stereocenters. The van der Waals surface area contributed by atoms with Crippen LogP contribution in [0.15, 0.2) is 21.2 Å². The molecule has 0 saturated carbocycles. The SMILES string of the molecule is COC(=O)N1CC(F)(Cn2cc3c(n2)-c2c(oc(C(=O)NC[C@@H]4CCCO4)c2C)CC3)C1.Cc1c(C(=O)NC[C@@H]2CCCO2)oc2c1-c1nn(CC3(F)CN(S(C)(=O)=O)C3)cc1CC2. The van der Waals surface area contributed by atoms with Gasteiger partial charge in [0.2, 0.25) is 10.0 Å². The van der Waals surface area contributed by atoms with Gasteiger partial charge in [0.25, 0.3) is 11.8 Å². The number of nitrogens with one attached hydrogen (secondary N) is 2. The molecule has 4 saturated heterocycles. The quantitative estimate of drug-likeness (QED) is 0.221. The molecule has 2 aliphatic carbocycles. The number of halogens is 2. The molecule has 0 bridgehead atoms. The molecule has 0 spiro atoms. The van der Waals surface area contributed by atoms with Crippen LogP contribution in [-0.2, 0) is 63.0 Å². The number of aryl methyl sites for hydroxylation is 4. The molecule has 3 amide bonds. The van der Waals surface area contributed by atoms with E-state index in [1.807, 2.05) is 26.2 Å². The Labute approximate surface area is 368 Å². The second-order valence-electron chi connectivity index (χ2n) is 18.0. The largest absolute Gasteiger partial charge is 0.455 e. The first-order valence-electron chi connectivity index (χ1n) is 21.8. The number of hydrogen-bond donors (Lipinski definition) is 2. The summed E-state index contributed by atoms with van der Waals surface area (Å²) in [7, 11) is -2.11. The van der Waals surface area contributed by atoms with Crippen LogP contribution in [0.25, 0.3) is 22.5 Å². The van der Waals surface area contributed by atoms with Crippen molar-refractivity contribution in [2.75, 3.05) is 65.8 Å². The zero-order valence-corrected chi connectivity index (χ0v) is 37.3. The summed E-state index contributed by atoms with van der Waals surface area (Å²) >= 11 is 0. The highest BCUT2D eigenvalue weighted by molar-refractivity contribution is 7.88. The Morgan fingerprint density at radius 1 is 0.766 bits per heavy atom. The van der Waals surface area contributed by atoms with Crippen molar-refractivity contribution < 1.29 is 54.6 Å². The van der Waals surface area contributed by atoms with Crippen molar-refractivity contribution in [2.24, 2.45) is 0 Å². The molecule has 4 aliphatic heterocycles. The van der Waals surface area contributed by atoms with Gasteiger partial charge in [-0.1, -0.05) is 0 Å². The van der Waals surface area contributed by atoms with Gasteiger partial charge in [-0.2, -0.15) is 14.5 Å². The number of carbonyl (C=O) groups is 3. The molecular weight excluding hydrogens is 859 g/mol. The minimum Gasteiger partial charge on any atom is -0.455 e. The van der Waals surface area contributed by atoms with Gasteiger partial charge in [0.15, 0.2) is 22.9 Å². The van der Waals surface area contributed by atoms with E-state index in [1.165, 1.54) is 12.0 Å². The zero-order valence-electron chi connectivity index (χ0n) is 36.5. The van der Waals surface area contributed by atoms with Gasteiger partial charge in [-0.05, 0) is 63.5 Å². The number of hydrogen-bond acceptors (Lipinski definition) is 12. The molecule has 10 rings (SSSR count). The number of rotatable bonds is 11. The highest BCUT2D eigenvalue weighted by Gasteiger charge is 2.49. The number of alkyl halides is 2. The van der Waals surface area contributed by atoms with E-state index in [-0.39, 0.29) is 69.1 Å². The predicted molar refractivity (Wildman–Crippen MR) is 225 cm³/mol. The summed E-state index contributed by atoms with van der Waals surface area (Å²) in [5.74, 6) is 1.49. The lowest BCUT2D eigenvalue weighted by molar-refractivity contribution is -0.0371. The Balaban J connectivity index is 0.000000162. The first-order valence-corrected chi connectivity index (χ1v) is 23.7. The second kappa shape index (κ2) is 17.0. The molecule has 4 aromatic rings. The number of methoxy groups -OCH3 is 1. The fourth-order valence-electron chi connectivity index (χ4n) is 9.60. The number of likely N-dealkylation sites (tertiary alicyclic amines) is 1. The standard InChI is InChI=1S/C22H27FN4O5.C21H27FN4O5S/c1-13-17-16(32-19(13)20(28)24-8-15-4-3-7-31-15)6-5-14-9-27(25-18(14)17)12-22(23)10-26(11-22)21(29)30-2;1-13-17-16(31-19(13)20(27)23-8-15-4-3-7-30-15)6-5-14-9-25(24-18(14)17)10-21(22)11-26(12-21)32(2,28)29/h9,15H,3-8,10-12H2,1-2H3,(H,24,28);9,15H,3-8,10-12H2,1-2H3,(H,23,27)/t2*15-/m00/s1. The maximum Gasteiger partial charge on any atom is 0.409 e. The normalized spacial score (nSPS) is 21.6. The number of aromatic nitrogens is 4. The van der Waals surface area contributed by atoms with Crippen molar-refractivity contribution in [3.63, 3.8) is 0 Å². The van der Waals surface area contributed by atoms with Crippen LogP contribution in [0.1, 0.15) is 80.6 Å². The molecule has 2 N–H and O–H groups in total. The van der Waals surface area contributed by atoms with Crippen LogP contribution in [0.3, 0.4) is 0 Å². The Morgan fingerprint density at radius 3 is 1.62 bits per heavy atom. The molecule has 4 aromatic heterocycles. The van der Waals surface area contributed by atoms with Crippen LogP contribution >= 0.6 is 0 Å². The van der Waals surface area contributed by atoms with Crippen molar-refractivity contribution in [1.82, 2.24) is 39.4 Å². The molecule has 64 heavy (non-hydrogen) atoms. The van der Waals surface area contributed by atoms with Crippen molar-refractivity contribution in [1.29, 1.82) is 0 Å². The van der Waals surface area contributed by atoms with E-state index >= 15 is 4.39 Å². The number of sulfonamides is 1. The van der Waals surface area contributed by atoms with E-state index in [0.29, 0.717) is 56.0 Å². The number of carbonyl (C=O) groups excluding carboxylic acids is 3. The fraction of sp³-hybridized carbons (Fsp3) is 0.605. The lowest BCUT2D eigenvalue weighted by atomic mass is 9.93. The Bertz CT molecular complexity index is 2560. The number of amides is 3. The number of fused-ring (bicyclic) bond motifs is 6. The summed E-state index contributed by atoms with van der Waals surface area (Å²) in [5.41, 5.74) is 3.31. The summed E-state index contributed by atoms with van der Waals surface area (Å²) in [5, 5.41) is 15.0. The van der Waals surface area contributed by atoms with Gasteiger partial charge in [-0.3, -0.25) is 19.0 Å². The molecule has 21 heteroatoms.